The fraction of sp³-hybridized carbons (Fsp3) is 0.214. The van der Waals surface area contributed by atoms with E-state index in [1.165, 1.54) is 52.7 Å². The van der Waals surface area contributed by atoms with Crippen molar-refractivity contribution in [1.29, 1.82) is 0 Å². The zero-order chi connectivity index (χ0) is 27.1. The fourth-order valence-corrected chi connectivity index (χ4v) is 4.74. The lowest BCUT2D eigenvalue weighted by Crippen LogP contribution is -2.22. The molecule has 0 saturated carbocycles. The second-order valence-corrected chi connectivity index (χ2v) is 8.55. The molecular weight excluding hydrogens is 496 g/mol. The summed E-state index contributed by atoms with van der Waals surface area (Å²) in [4.78, 5) is 25.9. The van der Waals surface area contributed by atoms with E-state index in [0.29, 0.717) is 33.9 Å². The van der Waals surface area contributed by atoms with Crippen LogP contribution in [-0.2, 0) is 4.79 Å². The van der Waals surface area contributed by atoms with E-state index in [4.69, 9.17) is 28.1 Å². The molecule has 0 unspecified atom stereocenters. The van der Waals surface area contributed by atoms with Crippen molar-refractivity contribution in [3.05, 3.63) is 63.8 Å². The summed E-state index contributed by atoms with van der Waals surface area (Å²) in [6, 6.07) is 10.3. The summed E-state index contributed by atoms with van der Waals surface area (Å²) in [5, 5.41) is 20.9. The van der Waals surface area contributed by atoms with Crippen LogP contribution in [0.25, 0.3) is 22.3 Å². The van der Waals surface area contributed by atoms with Crippen molar-refractivity contribution in [3.63, 3.8) is 0 Å². The van der Waals surface area contributed by atoms with Gasteiger partial charge in [-0.3, -0.25) is 9.59 Å². The Balaban J connectivity index is 1.81. The van der Waals surface area contributed by atoms with Crippen LogP contribution in [0.3, 0.4) is 0 Å². The van der Waals surface area contributed by atoms with Gasteiger partial charge in [-0.05, 0) is 24.3 Å². The van der Waals surface area contributed by atoms with E-state index in [0.717, 1.165) is 0 Å². The average Bonchev–Trinajstić information content (AvgIpc) is 2.91. The SMILES string of the molecule is COc1ccc(-c2cc(=O)c3c(O)cc4c(c3o2)[C@H](c2cc(OC)c(OC)cc2OC)CC(=O)O4)cc1O. The minimum atomic E-state index is -0.688. The van der Waals surface area contributed by atoms with Crippen LogP contribution in [0.2, 0.25) is 0 Å². The Morgan fingerprint density at radius 3 is 2.13 bits per heavy atom. The fourth-order valence-electron chi connectivity index (χ4n) is 4.74. The lowest BCUT2D eigenvalue weighted by atomic mass is 9.84. The van der Waals surface area contributed by atoms with Crippen LogP contribution in [0.4, 0.5) is 0 Å². The number of hydrogen-bond donors (Lipinski definition) is 2. The van der Waals surface area contributed by atoms with Crippen LogP contribution in [0.15, 0.2) is 51.7 Å². The van der Waals surface area contributed by atoms with Crippen molar-refractivity contribution in [2.24, 2.45) is 0 Å². The Labute approximate surface area is 216 Å². The van der Waals surface area contributed by atoms with Gasteiger partial charge < -0.3 is 38.3 Å². The summed E-state index contributed by atoms with van der Waals surface area (Å²) < 4.78 is 33.2. The zero-order valence-corrected chi connectivity index (χ0v) is 21.0. The van der Waals surface area contributed by atoms with E-state index in [-0.39, 0.29) is 40.4 Å². The minimum absolute atomic E-state index is 0.0344. The van der Waals surface area contributed by atoms with Gasteiger partial charge >= 0.3 is 5.97 Å². The number of esters is 1. The molecule has 10 nitrogen and oxygen atoms in total. The van der Waals surface area contributed by atoms with Crippen molar-refractivity contribution >= 4 is 16.9 Å². The maximum Gasteiger partial charge on any atom is 0.312 e. The van der Waals surface area contributed by atoms with Crippen LogP contribution < -0.4 is 29.1 Å². The number of methoxy groups -OCH3 is 4. The van der Waals surface area contributed by atoms with Gasteiger partial charge in [-0.15, -0.1) is 0 Å². The standard InChI is InChI=1S/C28H24O10/c1-33-19-6-5-13(7-16(19)29)20-10-17(30)27-18(31)11-24-26(28(27)38-20)15(9-25(32)37-24)14-8-22(35-3)23(36-4)12-21(14)34-2/h5-8,10-12,15,29,31H,9H2,1-4H3/t15-/m0/s1. The summed E-state index contributed by atoms with van der Waals surface area (Å²) in [6.45, 7) is 0. The molecule has 0 bridgehead atoms. The van der Waals surface area contributed by atoms with Gasteiger partial charge in [0, 0.05) is 40.8 Å². The molecule has 0 saturated heterocycles. The van der Waals surface area contributed by atoms with Crippen molar-refractivity contribution in [2.75, 3.05) is 28.4 Å². The highest BCUT2D eigenvalue weighted by molar-refractivity contribution is 5.93. The Morgan fingerprint density at radius 1 is 0.789 bits per heavy atom. The third kappa shape index (κ3) is 4.00. The van der Waals surface area contributed by atoms with Crippen LogP contribution in [0.5, 0.6) is 40.2 Å². The number of ether oxygens (including phenoxy) is 5. The molecule has 2 N–H and O–H groups in total. The molecule has 2 heterocycles. The van der Waals surface area contributed by atoms with E-state index in [9.17, 15) is 19.8 Å². The third-order valence-electron chi connectivity index (χ3n) is 6.50. The number of fused-ring (bicyclic) bond motifs is 3. The number of hydrogen-bond acceptors (Lipinski definition) is 10. The van der Waals surface area contributed by atoms with Crippen molar-refractivity contribution in [1.82, 2.24) is 0 Å². The number of carbonyl (C=O) groups excluding carboxylic acids is 1. The molecule has 196 valence electrons. The monoisotopic (exact) mass is 520 g/mol. The van der Waals surface area contributed by atoms with Gasteiger partial charge in [-0.1, -0.05) is 0 Å². The number of benzene rings is 3. The molecule has 1 aliphatic rings. The number of carbonyl (C=O) groups is 1. The number of rotatable bonds is 6. The lowest BCUT2D eigenvalue weighted by Gasteiger charge is -2.27. The summed E-state index contributed by atoms with van der Waals surface area (Å²) in [6.07, 6.45) is -0.101. The summed E-state index contributed by atoms with van der Waals surface area (Å²) in [5.41, 5.74) is 0.844. The van der Waals surface area contributed by atoms with Gasteiger partial charge in [0.15, 0.2) is 28.4 Å². The molecule has 0 aliphatic carbocycles. The zero-order valence-electron chi connectivity index (χ0n) is 21.0. The maximum atomic E-state index is 13.2. The largest absolute Gasteiger partial charge is 0.507 e. The summed E-state index contributed by atoms with van der Waals surface area (Å²) in [5.74, 6) is -0.111. The van der Waals surface area contributed by atoms with Crippen LogP contribution in [-0.4, -0.2) is 44.6 Å². The molecule has 0 amide bonds. The van der Waals surface area contributed by atoms with Gasteiger partial charge in [0.1, 0.15) is 34.0 Å². The highest BCUT2D eigenvalue weighted by Crippen LogP contribution is 2.49. The molecule has 5 rings (SSSR count). The number of phenolic OH excluding ortho intramolecular Hbond substituents is 2. The molecule has 1 aromatic heterocycles. The Hall–Kier alpha value is -4.86. The highest BCUT2D eigenvalue weighted by atomic mass is 16.5. The average molecular weight is 520 g/mol. The first-order valence-electron chi connectivity index (χ1n) is 11.5. The molecule has 10 heteroatoms. The normalized spacial score (nSPS) is 14.5. The lowest BCUT2D eigenvalue weighted by molar-refractivity contribution is -0.135. The van der Waals surface area contributed by atoms with Gasteiger partial charge in [0.2, 0.25) is 0 Å². The van der Waals surface area contributed by atoms with E-state index in [1.54, 1.807) is 18.2 Å². The van der Waals surface area contributed by atoms with Crippen molar-refractivity contribution in [2.45, 2.75) is 12.3 Å². The smallest absolute Gasteiger partial charge is 0.312 e. The summed E-state index contributed by atoms with van der Waals surface area (Å²) in [7, 11) is 5.88. The van der Waals surface area contributed by atoms with E-state index >= 15 is 0 Å². The molecule has 0 spiro atoms. The first kappa shape index (κ1) is 24.8. The van der Waals surface area contributed by atoms with Crippen LogP contribution >= 0.6 is 0 Å². The minimum Gasteiger partial charge on any atom is -0.507 e. The van der Waals surface area contributed by atoms with Crippen molar-refractivity contribution in [3.8, 4) is 51.6 Å². The summed E-state index contributed by atoms with van der Waals surface area (Å²) >= 11 is 0. The molecule has 3 aromatic carbocycles. The van der Waals surface area contributed by atoms with Crippen molar-refractivity contribution < 1.29 is 43.1 Å². The van der Waals surface area contributed by atoms with Gasteiger partial charge in [-0.25, -0.2) is 0 Å². The molecule has 0 radical (unpaired) electrons. The second-order valence-electron chi connectivity index (χ2n) is 8.55. The molecule has 0 fully saturated rings. The number of aromatic hydroxyl groups is 2. The topological polar surface area (TPSA) is 134 Å². The van der Waals surface area contributed by atoms with Gasteiger partial charge in [-0.2, -0.15) is 0 Å². The first-order chi connectivity index (χ1) is 18.3. The highest BCUT2D eigenvalue weighted by Gasteiger charge is 2.36. The maximum absolute atomic E-state index is 13.2. The predicted molar refractivity (Wildman–Crippen MR) is 136 cm³/mol. The molecule has 1 aliphatic heterocycles. The Bertz CT molecular complexity index is 1640. The quantitative estimate of drug-likeness (QED) is 0.279. The van der Waals surface area contributed by atoms with E-state index in [1.807, 2.05) is 0 Å². The third-order valence-corrected chi connectivity index (χ3v) is 6.50. The first-order valence-corrected chi connectivity index (χ1v) is 11.5. The van der Waals surface area contributed by atoms with Crippen LogP contribution in [0.1, 0.15) is 23.5 Å². The predicted octanol–water partition coefficient (Wildman–Crippen LogP) is 4.35. The second kappa shape index (κ2) is 9.55. The molecule has 4 aromatic rings. The molecule has 1 atom stereocenters. The van der Waals surface area contributed by atoms with E-state index < -0.39 is 23.1 Å². The van der Waals surface area contributed by atoms with Gasteiger partial charge in [0.25, 0.3) is 0 Å². The molecular formula is C28H24O10. The number of phenols is 2. The Kier molecular flexibility index (Phi) is 6.23. The molecule has 38 heavy (non-hydrogen) atoms. The van der Waals surface area contributed by atoms with E-state index in [2.05, 4.69) is 0 Å². The Morgan fingerprint density at radius 2 is 1.47 bits per heavy atom. The van der Waals surface area contributed by atoms with Gasteiger partial charge in [0.05, 0.1) is 34.9 Å². The van der Waals surface area contributed by atoms with Crippen LogP contribution in [0, 0.1) is 0 Å².